The van der Waals surface area contributed by atoms with Gasteiger partial charge >= 0.3 is 5.97 Å². The fourth-order valence-electron chi connectivity index (χ4n) is 2.37. The lowest BCUT2D eigenvalue weighted by molar-refractivity contribution is -0.155. The Hall–Kier alpha value is -0.260. The molecule has 0 aliphatic carbocycles. The van der Waals surface area contributed by atoms with Gasteiger partial charge in [0.05, 0.1) is 13.2 Å². The van der Waals surface area contributed by atoms with Gasteiger partial charge in [0.2, 0.25) is 0 Å². The fourth-order valence-corrected chi connectivity index (χ4v) is 3.53. The van der Waals surface area contributed by atoms with Crippen molar-refractivity contribution in [1.82, 2.24) is 4.90 Å². The van der Waals surface area contributed by atoms with Gasteiger partial charge < -0.3 is 9.84 Å². The number of rotatable bonds is 2. The minimum Gasteiger partial charge on any atom is -0.480 e. The van der Waals surface area contributed by atoms with E-state index in [4.69, 9.17) is 4.74 Å². The monoisotopic (exact) mass is 231 g/mol. The van der Waals surface area contributed by atoms with Crippen molar-refractivity contribution in [2.45, 2.75) is 18.4 Å². The highest BCUT2D eigenvalue weighted by Crippen LogP contribution is 2.33. The van der Waals surface area contributed by atoms with Gasteiger partial charge in [0.25, 0.3) is 0 Å². The molecule has 2 aliphatic rings. The third-order valence-corrected chi connectivity index (χ3v) is 4.32. The maximum absolute atomic E-state index is 11.5. The predicted molar refractivity (Wildman–Crippen MR) is 59.3 cm³/mol. The molecule has 86 valence electrons. The van der Waals surface area contributed by atoms with Crippen LogP contribution in [0, 0.1) is 0 Å². The Balaban J connectivity index is 2.12. The molecular weight excluding hydrogens is 214 g/mol. The Morgan fingerprint density at radius 1 is 1.27 bits per heavy atom. The molecule has 0 spiro atoms. The summed E-state index contributed by atoms with van der Waals surface area (Å²) in [5.74, 6) is 1.28. The lowest BCUT2D eigenvalue weighted by Crippen LogP contribution is -2.59. The summed E-state index contributed by atoms with van der Waals surface area (Å²) >= 11 is 1.86. The maximum atomic E-state index is 11.5. The summed E-state index contributed by atoms with van der Waals surface area (Å²) < 4.78 is 5.28. The van der Waals surface area contributed by atoms with E-state index in [1.54, 1.807) is 0 Å². The zero-order valence-corrected chi connectivity index (χ0v) is 9.59. The van der Waals surface area contributed by atoms with Crippen LogP contribution in [-0.2, 0) is 9.53 Å². The Bertz CT molecular complexity index is 235. The highest BCUT2D eigenvalue weighted by Gasteiger charge is 2.45. The summed E-state index contributed by atoms with van der Waals surface area (Å²) in [7, 11) is 0. The Kier molecular flexibility index (Phi) is 3.53. The van der Waals surface area contributed by atoms with Gasteiger partial charge in [-0.25, -0.2) is 0 Å². The number of aliphatic carboxylic acids is 1. The van der Waals surface area contributed by atoms with Gasteiger partial charge in [-0.3, -0.25) is 9.69 Å². The quantitative estimate of drug-likeness (QED) is 0.757. The molecule has 0 unspecified atom stereocenters. The van der Waals surface area contributed by atoms with E-state index in [-0.39, 0.29) is 0 Å². The molecular formula is C10H17NO3S. The van der Waals surface area contributed by atoms with Crippen molar-refractivity contribution >= 4 is 17.7 Å². The molecule has 0 saturated carbocycles. The van der Waals surface area contributed by atoms with Crippen LogP contribution >= 0.6 is 11.8 Å². The summed E-state index contributed by atoms with van der Waals surface area (Å²) in [6.07, 6.45) is 1.54. The fraction of sp³-hybridized carbons (Fsp3) is 0.900. The average molecular weight is 231 g/mol. The lowest BCUT2D eigenvalue weighted by atomic mass is 9.89. The zero-order valence-electron chi connectivity index (χ0n) is 8.78. The van der Waals surface area contributed by atoms with Crippen LogP contribution in [-0.4, -0.2) is 59.3 Å². The van der Waals surface area contributed by atoms with Crippen molar-refractivity contribution < 1.29 is 14.6 Å². The largest absolute Gasteiger partial charge is 0.480 e. The minimum atomic E-state index is -0.648. The van der Waals surface area contributed by atoms with Gasteiger partial charge in [0.1, 0.15) is 5.54 Å². The molecule has 0 bridgehead atoms. The molecule has 0 aromatic carbocycles. The molecule has 15 heavy (non-hydrogen) atoms. The van der Waals surface area contributed by atoms with Crippen LogP contribution in [0.4, 0.5) is 0 Å². The molecule has 2 rings (SSSR count). The standard InChI is InChI=1S/C10H17NO3S/c12-9(13)10(1-7-15-8-2-10)11-3-5-14-6-4-11/h1-8H2,(H,12,13). The zero-order chi connectivity index (χ0) is 10.7. The summed E-state index contributed by atoms with van der Waals surface area (Å²) in [4.78, 5) is 13.6. The van der Waals surface area contributed by atoms with E-state index >= 15 is 0 Å². The molecule has 2 saturated heterocycles. The number of hydrogen-bond donors (Lipinski definition) is 1. The van der Waals surface area contributed by atoms with E-state index < -0.39 is 11.5 Å². The van der Waals surface area contributed by atoms with Crippen molar-refractivity contribution in [1.29, 1.82) is 0 Å². The van der Waals surface area contributed by atoms with Gasteiger partial charge in [0.15, 0.2) is 0 Å². The summed E-state index contributed by atoms with van der Waals surface area (Å²) in [5, 5.41) is 9.45. The molecule has 4 nitrogen and oxygen atoms in total. The summed E-state index contributed by atoms with van der Waals surface area (Å²) in [5.41, 5.74) is -0.602. The Morgan fingerprint density at radius 3 is 2.40 bits per heavy atom. The highest BCUT2D eigenvalue weighted by atomic mass is 32.2. The van der Waals surface area contributed by atoms with Crippen molar-refractivity contribution in [3.05, 3.63) is 0 Å². The van der Waals surface area contributed by atoms with Gasteiger partial charge in [0, 0.05) is 13.1 Å². The van der Waals surface area contributed by atoms with E-state index in [2.05, 4.69) is 4.90 Å². The topological polar surface area (TPSA) is 49.8 Å². The van der Waals surface area contributed by atoms with Gasteiger partial charge in [-0.15, -0.1) is 0 Å². The number of morpholine rings is 1. The van der Waals surface area contributed by atoms with Gasteiger partial charge in [-0.2, -0.15) is 11.8 Å². The lowest BCUT2D eigenvalue weighted by Gasteiger charge is -2.44. The van der Waals surface area contributed by atoms with E-state index in [1.807, 2.05) is 11.8 Å². The van der Waals surface area contributed by atoms with Crippen LogP contribution in [0.2, 0.25) is 0 Å². The number of ether oxygens (including phenoxy) is 1. The van der Waals surface area contributed by atoms with E-state index in [0.29, 0.717) is 13.2 Å². The van der Waals surface area contributed by atoms with Gasteiger partial charge in [-0.1, -0.05) is 0 Å². The average Bonchev–Trinajstić information content (AvgIpc) is 2.31. The Labute approximate surface area is 94.0 Å². The number of carboxylic acids is 1. The minimum absolute atomic E-state index is 0.602. The van der Waals surface area contributed by atoms with Crippen molar-refractivity contribution in [3.8, 4) is 0 Å². The molecule has 1 N–H and O–H groups in total. The van der Waals surface area contributed by atoms with Crippen LogP contribution in [0.1, 0.15) is 12.8 Å². The molecule has 2 fully saturated rings. The van der Waals surface area contributed by atoms with Crippen LogP contribution in [0.5, 0.6) is 0 Å². The SMILES string of the molecule is O=C(O)C1(N2CCOCC2)CCSCC1. The van der Waals surface area contributed by atoms with E-state index in [0.717, 1.165) is 37.4 Å². The second-order valence-corrected chi connectivity index (χ2v) is 5.27. The van der Waals surface area contributed by atoms with E-state index in [9.17, 15) is 9.90 Å². The van der Waals surface area contributed by atoms with E-state index in [1.165, 1.54) is 0 Å². The number of carbonyl (C=O) groups is 1. The van der Waals surface area contributed by atoms with Crippen LogP contribution in [0.15, 0.2) is 0 Å². The Morgan fingerprint density at radius 2 is 1.87 bits per heavy atom. The maximum Gasteiger partial charge on any atom is 0.324 e. The first kappa shape index (κ1) is 11.2. The van der Waals surface area contributed by atoms with Gasteiger partial charge in [-0.05, 0) is 24.3 Å². The van der Waals surface area contributed by atoms with Crippen LogP contribution in [0.25, 0.3) is 0 Å². The number of nitrogens with zero attached hydrogens (tertiary/aromatic N) is 1. The first-order valence-electron chi connectivity index (χ1n) is 5.40. The van der Waals surface area contributed by atoms with Crippen molar-refractivity contribution in [2.24, 2.45) is 0 Å². The molecule has 2 aliphatic heterocycles. The molecule has 0 aromatic rings. The number of hydrogen-bond acceptors (Lipinski definition) is 4. The molecule has 2 heterocycles. The second kappa shape index (κ2) is 4.72. The molecule has 5 heteroatoms. The van der Waals surface area contributed by atoms with Crippen molar-refractivity contribution in [2.75, 3.05) is 37.8 Å². The summed E-state index contributed by atoms with van der Waals surface area (Å²) in [6.45, 7) is 2.86. The molecule has 0 amide bonds. The summed E-state index contributed by atoms with van der Waals surface area (Å²) in [6, 6.07) is 0. The van der Waals surface area contributed by atoms with Crippen LogP contribution in [0.3, 0.4) is 0 Å². The third kappa shape index (κ3) is 2.14. The second-order valence-electron chi connectivity index (χ2n) is 4.05. The first-order valence-corrected chi connectivity index (χ1v) is 6.55. The number of carboxylic acid groups (broad SMARTS) is 1. The predicted octanol–water partition coefficient (Wildman–Crippen LogP) is 0.669. The third-order valence-electron chi connectivity index (χ3n) is 3.33. The highest BCUT2D eigenvalue weighted by molar-refractivity contribution is 7.99. The molecule has 0 atom stereocenters. The van der Waals surface area contributed by atoms with Crippen LogP contribution < -0.4 is 0 Å². The molecule has 0 radical (unpaired) electrons. The van der Waals surface area contributed by atoms with Crippen molar-refractivity contribution in [3.63, 3.8) is 0 Å². The molecule has 0 aromatic heterocycles. The normalized spacial score (nSPS) is 27.5. The smallest absolute Gasteiger partial charge is 0.324 e. The first-order chi connectivity index (χ1) is 7.26. The number of thioether (sulfide) groups is 1.